The number of amides is 1. The van der Waals surface area contributed by atoms with Gasteiger partial charge in [0.2, 0.25) is 5.91 Å². The molecule has 1 amide bonds. The van der Waals surface area contributed by atoms with Crippen LogP contribution >= 0.6 is 15.9 Å². The van der Waals surface area contributed by atoms with Crippen molar-refractivity contribution in [2.75, 3.05) is 7.05 Å². The van der Waals surface area contributed by atoms with E-state index < -0.39 is 4.32 Å². The Labute approximate surface area is 104 Å². The fourth-order valence-electron chi connectivity index (χ4n) is 1.40. The van der Waals surface area contributed by atoms with Gasteiger partial charge >= 0.3 is 0 Å². The normalized spacial score (nSPS) is 11.2. The Kier molecular flexibility index (Phi) is 3.97. The Balaban J connectivity index is 2.68. The van der Waals surface area contributed by atoms with Crippen molar-refractivity contribution in [3.63, 3.8) is 0 Å². The number of alkyl halides is 1. The van der Waals surface area contributed by atoms with E-state index >= 15 is 0 Å². The van der Waals surface area contributed by atoms with Crippen LogP contribution in [0.15, 0.2) is 24.3 Å². The number of carbonyl (C=O) groups is 1. The summed E-state index contributed by atoms with van der Waals surface area (Å²) < 4.78 is -0.543. The predicted octanol–water partition coefficient (Wildman–Crippen LogP) is 2.52. The number of hydrogen-bond donors (Lipinski definition) is 1. The summed E-state index contributed by atoms with van der Waals surface area (Å²) in [7, 11) is 1.76. The number of aromatic hydroxyl groups is 1. The molecule has 3 nitrogen and oxygen atoms in total. The lowest BCUT2D eigenvalue weighted by atomic mass is 10.1. The first-order valence-corrected chi connectivity index (χ1v) is 5.82. The minimum Gasteiger partial charge on any atom is -0.508 e. The first kappa shape index (κ1) is 13.0. The molecule has 0 heterocycles. The van der Waals surface area contributed by atoms with Crippen LogP contribution in [0.4, 0.5) is 0 Å². The Morgan fingerprint density at radius 1 is 1.38 bits per heavy atom. The van der Waals surface area contributed by atoms with Crippen molar-refractivity contribution in [1.82, 2.24) is 4.90 Å². The summed E-state index contributed by atoms with van der Waals surface area (Å²) in [5.74, 6) is 0.263. The molecule has 0 radical (unpaired) electrons. The zero-order valence-corrected chi connectivity index (χ0v) is 11.3. The molecular formula is C12H16BrNO2. The number of carbonyl (C=O) groups excluding carboxylic acids is 1. The number of benzene rings is 1. The third kappa shape index (κ3) is 3.52. The predicted molar refractivity (Wildman–Crippen MR) is 67.6 cm³/mol. The Bertz CT molecular complexity index is 368. The van der Waals surface area contributed by atoms with Gasteiger partial charge in [-0.1, -0.05) is 28.1 Å². The highest BCUT2D eigenvalue weighted by Gasteiger charge is 2.26. The zero-order chi connectivity index (χ0) is 12.3. The molecule has 1 aromatic rings. The van der Waals surface area contributed by atoms with Crippen LogP contribution in [0.1, 0.15) is 19.4 Å². The lowest BCUT2D eigenvalue weighted by Crippen LogP contribution is -2.38. The van der Waals surface area contributed by atoms with Crippen LogP contribution in [0.25, 0.3) is 0 Å². The number of phenols is 1. The number of halogens is 1. The van der Waals surface area contributed by atoms with Gasteiger partial charge in [0.25, 0.3) is 0 Å². The van der Waals surface area contributed by atoms with E-state index in [0.29, 0.717) is 6.54 Å². The molecule has 0 unspecified atom stereocenters. The van der Waals surface area contributed by atoms with Crippen LogP contribution in [0.5, 0.6) is 5.75 Å². The van der Waals surface area contributed by atoms with Gasteiger partial charge < -0.3 is 10.0 Å². The van der Waals surface area contributed by atoms with Crippen molar-refractivity contribution in [2.24, 2.45) is 0 Å². The van der Waals surface area contributed by atoms with Gasteiger partial charge in [0.1, 0.15) is 5.75 Å². The number of rotatable bonds is 3. The average molecular weight is 286 g/mol. The van der Waals surface area contributed by atoms with Gasteiger partial charge in [-0.05, 0) is 31.5 Å². The number of hydrogen-bond acceptors (Lipinski definition) is 2. The molecule has 0 aliphatic carbocycles. The fraction of sp³-hybridized carbons (Fsp3) is 0.417. The quantitative estimate of drug-likeness (QED) is 0.867. The van der Waals surface area contributed by atoms with Crippen molar-refractivity contribution in [2.45, 2.75) is 24.7 Å². The molecule has 1 rings (SSSR count). The number of phenolic OH excluding ortho intramolecular Hbond substituents is 1. The standard InChI is InChI=1S/C12H16BrNO2/c1-12(2,13)11(16)14(3)8-9-4-6-10(15)7-5-9/h4-7,15H,8H2,1-3H3. The van der Waals surface area contributed by atoms with Crippen molar-refractivity contribution >= 4 is 21.8 Å². The molecule has 0 aromatic heterocycles. The maximum atomic E-state index is 11.9. The summed E-state index contributed by atoms with van der Waals surface area (Å²) in [6, 6.07) is 6.85. The first-order chi connectivity index (χ1) is 7.30. The van der Waals surface area contributed by atoms with Crippen molar-refractivity contribution in [3.8, 4) is 5.75 Å². The van der Waals surface area contributed by atoms with E-state index in [4.69, 9.17) is 5.11 Å². The van der Waals surface area contributed by atoms with Crippen molar-refractivity contribution < 1.29 is 9.90 Å². The maximum absolute atomic E-state index is 11.9. The number of nitrogens with zero attached hydrogens (tertiary/aromatic N) is 1. The third-order valence-electron chi connectivity index (χ3n) is 2.21. The monoisotopic (exact) mass is 285 g/mol. The van der Waals surface area contributed by atoms with Gasteiger partial charge in [0, 0.05) is 13.6 Å². The molecule has 0 fully saturated rings. The SMILES string of the molecule is CN(Cc1ccc(O)cc1)C(=O)C(C)(C)Br. The van der Waals surface area contributed by atoms with Crippen LogP contribution in [-0.2, 0) is 11.3 Å². The van der Waals surface area contributed by atoms with Crippen molar-refractivity contribution in [1.29, 1.82) is 0 Å². The maximum Gasteiger partial charge on any atom is 0.238 e. The molecule has 0 atom stereocenters. The molecule has 16 heavy (non-hydrogen) atoms. The summed E-state index contributed by atoms with van der Waals surface area (Å²) in [6.07, 6.45) is 0. The Hall–Kier alpha value is -1.03. The van der Waals surface area contributed by atoms with E-state index in [-0.39, 0.29) is 11.7 Å². The molecule has 1 aromatic carbocycles. The minimum absolute atomic E-state index is 0.0283. The van der Waals surface area contributed by atoms with Crippen LogP contribution in [0, 0.1) is 0 Å². The van der Waals surface area contributed by atoms with Gasteiger partial charge in [-0.25, -0.2) is 0 Å². The molecule has 0 saturated carbocycles. The van der Waals surface area contributed by atoms with E-state index in [1.807, 2.05) is 13.8 Å². The van der Waals surface area contributed by atoms with Gasteiger partial charge in [-0.3, -0.25) is 4.79 Å². The highest BCUT2D eigenvalue weighted by Crippen LogP contribution is 2.20. The van der Waals surface area contributed by atoms with Crippen LogP contribution in [0.2, 0.25) is 0 Å². The smallest absolute Gasteiger partial charge is 0.238 e. The van der Waals surface area contributed by atoms with E-state index in [1.165, 1.54) is 0 Å². The lowest BCUT2D eigenvalue weighted by molar-refractivity contribution is -0.131. The first-order valence-electron chi connectivity index (χ1n) is 5.03. The molecule has 1 N–H and O–H groups in total. The van der Waals surface area contributed by atoms with Gasteiger partial charge in [0.15, 0.2) is 0 Å². The summed E-state index contributed by atoms with van der Waals surface area (Å²) in [6.45, 7) is 4.18. The third-order valence-corrected chi connectivity index (χ3v) is 2.55. The summed E-state index contributed by atoms with van der Waals surface area (Å²) in [4.78, 5) is 13.5. The van der Waals surface area contributed by atoms with Crippen LogP contribution < -0.4 is 0 Å². The fourth-order valence-corrected chi connectivity index (χ4v) is 1.70. The topological polar surface area (TPSA) is 40.5 Å². The van der Waals surface area contributed by atoms with Gasteiger partial charge in [0.05, 0.1) is 4.32 Å². The molecule has 4 heteroatoms. The molecule has 0 bridgehead atoms. The highest BCUT2D eigenvalue weighted by atomic mass is 79.9. The summed E-state index contributed by atoms with van der Waals surface area (Å²) >= 11 is 3.34. The van der Waals surface area contributed by atoms with Crippen molar-refractivity contribution in [3.05, 3.63) is 29.8 Å². The van der Waals surface area contributed by atoms with Crippen LogP contribution in [-0.4, -0.2) is 27.3 Å². The summed E-state index contributed by atoms with van der Waals surface area (Å²) in [5, 5.41) is 9.14. The van der Waals surface area contributed by atoms with E-state index in [2.05, 4.69) is 15.9 Å². The highest BCUT2D eigenvalue weighted by molar-refractivity contribution is 9.10. The summed E-state index contributed by atoms with van der Waals surface area (Å²) in [5.41, 5.74) is 0.991. The molecule has 0 aliphatic rings. The lowest BCUT2D eigenvalue weighted by Gasteiger charge is -2.24. The largest absolute Gasteiger partial charge is 0.508 e. The molecule has 0 saturated heterocycles. The molecule has 0 spiro atoms. The second-order valence-corrected chi connectivity index (χ2v) is 6.28. The molecule has 88 valence electrons. The second kappa shape index (κ2) is 4.87. The van der Waals surface area contributed by atoms with E-state index in [9.17, 15) is 4.79 Å². The average Bonchev–Trinajstić information content (AvgIpc) is 2.19. The Morgan fingerprint density at radius 3 is 2.31 bits per heavy atom. The van der Waals surface area contributed by atoms with Crippen LogP contribution in [0.3, 0.4) is 0 Å². The van der Waals surface area contributed by atoms with E-state index in [0.717, 1.165) is 5.56 Å². The second-order valence-electron chi connectivity index (χ2n) is 4.30. The van der Waals surface area contributed by atoms with Gasteiger partial charge in [-0.2, -0.15) is 0 Å². The molecular weight excluding hydrogens is 270 g/mol. The van der Waals surface area contributed by atoms with Gasteiger partial charge in [-0.15, -0.1) is 0 Å². The Morgan fingerprint density at radius 2 is 1.88 bits per heavy atom. The zero-order valence-electron chi connectivity index (χ0n) is 9.70. The van der Waals surface area contributed by atoms with E-state index in [1.54, 1.807) is 36.2 Å². The molecule has 0 aliphatic heterocycles. The minimum atomic E-state index is -0.543.